The van der Waals surface area contributed by atoms with Crippen molar-refractivity contribution in [1.82, 2.24) is 20.1 Å². The van der Waals surface area contributed by atoms with E-state index in [4.69, 9.17) is 0 Å². The van der Waals surface area contributed by atoms with E-state index < -0.39 is 0 Å². The van der Waals surface area contributed by atoms with Gasteiger partial charge >= 0.3 is 0 Å². The minimum absolute atomic E-state index is 0.0902. The largest absolute Gasteiger partial charge is 0.357 e. The molecule has 1 amide bonds. The van der Waals surface area contributed by atoms with E-state index in [0.717, 1.165) is 30.2 Å². The van der Waals surface area contributed by atoms with E-state index in [1.165, 1.54) is 12.8 Å². The van der Waals surface area contributed by atoms with Crippen LogP contribution in [0.15, 0.2) is 24.5 Å². The third-order valence-electron chi connectivity index (χ3n) is 4.58. The summed E-state index contributed by atoms with van der Waals surface area (Å²) in [6, 6.07) is 4.02. The average molecular weight is 341 g/mol. The van der Waals surface area contributed by atoms with Crippen LogP contribution in [0.1, 0.15) is 55.2 Å². The highest BCUT2D eigenvalue weighted by Crippen LogP contribution is 2.20. The van der Waals surface area contributed by atoms with Crippen molar-refractivity contribution >= 4 is 11.7 Å². The van der Waals surface area contributed by atoms with E-state index in [-0.39, 0.29) is 11.4 Å². The van der Waals surface area contributed by atoms with Crippen LogP contribution in [0, 0.1) is 6.92 Å². The molecule has 1 aliphatic rings. The molecule has 0 spiro atoms. The molecule has 6 heteroatoms. The fourth-order valence-electron chi connectivity index (χ4n) is 3.28. The second-order valence-electron chi connectivity index (χ2n) is 7.63. The van der Waals surface area contributed by atoms with Crippen molar-refractivity contribution in [3.63, 3.8) is 0 Å². The summed E-state index contributed by atoms with van der Waals surface area (Å²) in [4.78, 5) is 19.3. The molecule has 0 aromatic carbocycles. The van der Waals surface area contributed by atoms with E-state index >= 15 is 0 Å². The number of anilines is 1. The van der Waals surface area contributed by atoms with Crippen LogP contribution in [0.5, 0.6) is 0 Å². The summed E-state index contributed by atoms with van der Waals surface area (Å²) >= 11 is 0. The van der Waals surface area contributed by atoms with Crippen LogP contribution in [0.3, 0.4) is 0 Å². The monoisotopic (exact) mass is 341 g/mol. The highest BCUT2D eigenvalue weighted by Gasteiger charge is 2.21. The molecule has 6 nitrogen and oxygen atoms in total. The number of amides is 1. The summed E-state index contributed by atoms with van der Waals surface area (Å²) in [6.07, 6.45) is 5.91. The van der Waals surface area contributed by atoms with Gasteiger partial charge in [0.2, 0.25) is 0 Å². The summed E-state index contributed by atoms with van der Waals surface area (Å²) in [5, 5.41) is 7.37. The van der Waals surface area contributed by atoms with Crippen molar-refractivity contribution in [3.8, 4) is 0 Å². The molecule has 0 bridgehead atoms. The van der Waals surface area contributed by atoms with Gasteiger partial charge in [0.25, 0.3) is 5.91 Å². The van der Waals surface area contributed by atoms with Crippen LogP contribution in [0.2, 0.25) is 0 Å². The Morgan fingerprint density at radius 1 is 1.28 bits per heavy atom. The van der Waals surface area contributed by atoms with Crippen molar-refractivity contribution in [2.45, 2.75) is 52.6 Å². The number of rotatable bonds is 4. The van der Waals surface area contributed by atoms with Crippen molar-refractivity contribution in [3.05, 3.63) is 41.3 Å². The fraction of sp³-hybridized carbons (Fsp3) is 0.526. The quantitative estimate of drug-likeness (QED) is 0.929. The molecule has 1 N–H and O–H groups in total. The molecule has 0 aliphatic carbocycles. The molecule has 0 radical (unpaired) electrons. The molecule has 1 fully saturated rings. The molecule has 0 atom stereocenters. The van der Waals surface area contributed by atoms with Gasteiger partial charge in [-0.2, -0.15) is 5.10 Å². The molecular weight excluding hydrogens is 314 g/mol. The van der Waals surface area contributed by atoms with Gasteiger partial charge in [-0.25, -0.2) is 4.98 Å². The Bertz CT molecular complexity index is 753. The Balaban J connectivity index is 1.67. The van der Waals surface area contributed by atoms with Crippen LogP contribution in [0.4, 0.5) is 5.82 Å². The third kappa shape index (κ3) is 3.83. The maximum absolute atomic E-state index is 12.5. The summed E-state index contributed by atoms with van der Waals surface area (Å²) < 4.78 is 1.89. The Morgan fingerprint density at radius 2 is 2.00 bits per heavy atom. The zero-order valence-electron chi connectivity index (χ0n) is 15.5. The number of hydrogen-bond acceptors (Lipinski definition) is 4. The maximum atomic E-state index is 12.5. The molecule has 3 heterocycles. The number of carbonyl (C=O) groups is 1. The smallest absolute Gasteiger partial charge is 0.255 e. The molecule has 1 aliphatic heterocycles. The number of carbonyl (C=O) groups excluding carboxylic acids is 1. The third-order valence-corrected chi connectivity index (χ3v) is 4.58. The van der Waals surface area contributed by atoms with E-state index in [1.807, 2.05) is 23.9 Å². The topological polar surface area (TPSA) is 63.1 Å². The molecule has 134 valence electrons. The molecule has 1 saturated heterocycles. The predicted octanol–water partition coefficient (Wildman–Crippen LogP) is 2.87. The second-order valence-corrected chi connectivity index (χ2v) is 7.63. The van der Waals surface area contributed by atoms with E-state index in [9.17, 15) is 4.79 Å². The van der Waals surface area contributed by atoms with Crippen molar-refractivity contribution in [2.24, 2.45) is 0 Å². The zero-order valence-corrected chi connectivity index (χ0v) is 15.5. The van der Waals surface area contributed by atoms with Gasteiger partial charge < -0.3 is 10.2 Å². The number of nitrogens with one attached hydrogen (secondary N) is 1. The Labute approximate surface area is 149 Å². The van der Waals surface area contributed by atoms with Gasteiger partial charge in [-0.05, 0) is 58.2 Å². The summed E-state index contributed by atoms with van der Waals surface area (Å²) in [5.74, 6) is 0.911. The Kier molecular flexibility index (Phi) is 4.79. The molecule has 2 aromatic heterocycles. The van der Waals surface area contributed by atoms with Gasteiger partial charge in [0.1, 0.15) is 5.82 Å². The molecule has 25 heavy (non-hydrogen) atoms. The first-order chi connectivity index (χ1) is 11.9. The minimum Gasteiger partial charge on any atom is -0.357 e. The van der Waals surface area contributed by atoms with Crippen molar-refractivity contribution in [2.75, 3.05) is 18.0 Å². The number of hydrogen-bond donors (Lipinski definition) is 1. The summed E-state index contributed by atoms with van der Waals surface area (Å²) in [6.45, 7) is 10.8. The van der Waals surface area contributed by atoms with Crippen LogP contribution >= 0.6 is 0 Å². The lowest BCUT2D eigenvalue weighted by atomic mass is 10.1. The lowest BCUT2D eigenvalue weighted by molar-refractivity contribution is 0.0950. The van der Waals surface area contributed by atoms with Gasteiger partial charge in [-0.1, -0.05) is 0 Å². The number of aromatic nitrogens is 3. The first-order valence-corrected chi connectivity index (χ1v) is 8.89. The summed E-state index contributed by atoms with van der Waals surface area (Å²) in [5.41, 5.74) is 2.44. The average Bonchev–Trinajstić information content (AvgIpc) is 3.22. The SMILES string of the molecule is Cc1c(C(=O)NCc2ccnc(N3CCCC3)c2)cnn1C(C)(C)C. The van der Waals surface area contributed by atoms with E-state index in [0.29, 0.717) is 12.1 Å². The molecular formula is C19H27N5O. The first-order valence-electron chi connectivity index (χ1n) is 8.89. The second kappa shape index (κ2) is 6.86. The van der Waals surface area contributed by atoms with Gasteiger partial charge in [0.05, 0.1) is 17.3 Å². The minimum atomic E-state index is -0.141. The van der Waals surface area contributed by atoms with Crippen LogP contribution < -0.4 is 10.2 Å². The lowest BCUT2D eigenvalue weighted by Gasteiger charge is -2.21. The summed E-state index contributed by atoms with van der Waals surface area (Å²) in [7, 11) is 0. The Hall–Kier alpha value is -2.37. The zero-order chi connectivity index (χ0) is 18.0. The van der Waals surface area contributed by atoms with Crippen LogP contribution in [-0.4, -0.2) is 33.8 Å². The molecule has 3 rings (SSSR count). The van der Waals surface area contributed by atoms with Gasteiger partial charge in [-0.3, -0.25) is 9.48 Å². The highest BCUT2D eigenvalue weighted by atomic mass is 16.1. The maximum Gasteiger partial charge on any atom is 0.255 e. The highest BCUT2D eigenvalue weighted by molar-refractivity contribution is 5.95. The lowest BCUT2D eigenvalue weighted by Crippen LogP contribution is -2.27. The molecule has 2 aromatic rings. The molecule has 0 unspecified atom stereocenters. The van der Waals surface area contributed by atoms with Gasteiger partial charge in [-0.15, -0.1) is 0 Å². The standard InChI is InChI=1S/C19H27N5O/c1-14-16(13-22-24(14)19(2,3)4)18(25)21-12-15-7-8-20-17(11-15)23-9-5-6-10-23/h7-8,11,13H,5-6,9-10,12H2,1-4H3,(H,21,25). The van der Waals surface area contributed by atoms with Gasteiger partial charge in [0.15, 0.2) is 0 Å². The number of pyridine rings is 1. The first kappa shape index (κ1) is 17.5. The van der Waals surface area contributed by atoms with Crippen molar-refractivity contribution in [1.29, 1.82) is 0 Å². The predicted molar refractivity (Wildman–Crippen MR) is 98.8 cm³/mol. The van der Waals surface area contributed by atoms with E-state index in [1.54, 1.807) is 6.20 Å². The van der Waals surface area contributed by atoms with Crippen molar-refractivity contribution < 1.29 is 4.79 Å². The fourth-order valence-corrected chi connectivity index (χ4v) is 3.28. The van der Waals surface area contributed by atoms with Crippen LogP contribution in [0.25, 0.3) is 0 Å². The van der Waals surface area contributed by atoms with E-state index in [2.05, 4.69) is 47.1 Å². The number of nitrogens with zero attached hydrogens (tertiary/aromatic N) is 4. The Morgan fingerprint density at radius 3 is 2.64 bits per heavy atom. The van der Waals surface area contributed by atoms with Crippen LogP contribution in [-0.2, 0) is 12.1 Å². The van der Waals surface area contributed by atoms with Gasteiger partial charge in [0, 0.05) is 31.5 Å². The molecule has 0 saturated carbocycles. The normalized spacial score (nSPS) is 14.8.